The normalized spacial score (nSPS) is 12.1. The number of aromatic nitrogens is 4. The predicted molar refractivity (Wildman–Crippen MR) is 88.4 cm³/mol. The lowest BCUT2D eigenvalue weighted by molar-refractivity contribution is 0.166. The standard InChI is InChI=1S/C18H18N4O/c1-2-7-17(23)13-12-16(14-8-3-5-10-19-14)21-22-18(13)15-9-4-6-11-20-15/h3-6,8-12,17,23H,2,7H2,1H3. The number of pyridine rings is 2. The molecule has 0 radical (unpaired) electrons. The van der Waals surface area contributed by atoms with Crippen LogP contribution in [0.5, 0.6) is 0 Å². The van der Waals surface area contributed by atoms with Crippen LogP contribution in [-0.4, -0.2) is 25.3 Å². The third kappa shape index (κ3) is 3.40. The van der Waals surface area contributed by atoms with E-state index in [0.29, 0.717) is 23.5 Å². The third-order valence-electron chi connectivity index (χ3n) is 3.58. The summed E-state index contributed by atoms with van der Waals surface area (Å²) in [6.45, 7) is 2.04. The second kappa shape index (κ2) is 7.07. The zero-order valence-electron chi connectivity index (χ0n) is 12.9. The van der Waals surface area contributed by atoms with Crippen molar-refractivity contribution in [3.05, 3.63) is 60.4 Å². The molecule has 0 aliphatic rings. The molecule has 0 saturated carbocycles. The van der Waals surface area contributed by atoms with E-state index < -0.39 is 6.10 Å². The van der Waals surface area contributed by atoms with Crippen LogP contribution in [0, 0.1) is 0 Å². The summed E-state index contributed by atoms with van der Waals surface area (Å²) in [6.07, 6.45) is 4.36. The first-order chi connectivity index (χ1) is 11.3. The topological polar surface area (TPSA) is 71.8 Å². The fraction of sp³-hybridized carbons (Fsp3) is 0.222. The smallest absolute Gasteiger partial charge is 0.117 e. The highest BCUT2D eigenvalue weighted by Gasteiger charge is 2.18. The van der Waals surface area contributed by atoms with Crippen molar-refractivity contribution < 1.29 is 5.11 Å². The van der Waals surface area contributed by atoms with Crippen LogP contribution in [0.1, 0.15) is 31.4 Å². The summed E-state index contributed by atoms with van der Waals surface area (Å²) >= 11 is 0. The molecular formula is C18H18N4O. The number of nitrogens with zero attached hydrogens (tertiary/aromatic N) is 4. The van der Waals surface area contributed by atoms with Gasteiger partial charge in [-0.15, -0.1) is 10.2 Å². The minimum absolute atomic E-state index is 0.602. The average Bonchev–Trinajstić information content (AvgIpc) is 2.63. The Hall–Kier alpha value is -2.66. The molecule has 0 spiro atoms. The van der Waals surface area contributed by atoms with Gasteiger partial charge in [0.1, 0.15) is 11.4 Å². The van der Waals surface area contributed by atoms with Crippen molar-refractivity contribution in [2.24, 2.45) is 0 Å². The molecule has 0 bridgehead atoms. The van der Waals surface area contributed by atoms with E-state index in [4.69, 9.17) is 0 Å². The van der Waals surface area contributed by atoms with Crippen LogP contribution >= 0.6 is 0 Å². The molecule has 3 rings (SSSR count). The van der Waals surface area contributed by atoms with E-state index in [1.54, 1.807) is 12.4 Å². The quantitative estimate of drug-likeness (QED) is 0.782. The van der Waals surface area contributed by atoms with Crippen LogP contribution < -0.4 is 0 Å². The highest BCUT2D eigenvalue weighted by molar-refractivity contribution is 5.63. The Morgan fingerprint density at radius 1 is 0.913 bits per heavy atom. The number of aliphatic hydroxyl groups excluding tert-OH is 1. The van der Waals surface area contributed by atoms with E-state index in [1.165, 1.54) is 0 Å². The minimum Gasteiger partial charge on any atom is -0.388 e. The Morgan fingerprint density at radius 2 is 1.61 bits per heavy atom. The summed E-state index contributed by atoms with van der Waals surface area (Å²) in [4.78, 5) is 8.62. The summed E-state index contributed by atoms with van der Waals surface area (Å²) in [5, 5.41) is 19.1. The maximum absolute atomic E-state index is 10.5. The van der Waals surface area contributed by atoms with Gasteiger partial charge in [-0.3, -0.25) is 9.97 Å². The molecule has 3 aromatic rings. The Labute approximate surface area is 135 Å². The van der Waals surface area contributed by atoms with Gasteiger partial charge in [-0.25, -0.2) is 0 Å². The maximum Gasteiger partial charge on any atom is 0.117 e. The Balaban J connectivity index is 2.10. The van der Waals surface area contributed by atoms with Crippen molar-refractivity contribution in [2.45, 2.75) is 25.9 Å². The molecule has 0 saturated heterocycles. The van der Waals surface area contributed by atoms with Gasteiger partial charge in [0.25, 0.3) is 0 Å². The van der Waals surface area contributed by atoms with Crippen molar-refractivity contribution in [1.29, 1.82) is 0 Å². The number of aliphatic hydroxyl groups is 1. The van der Waals surface area contributed by atoms with Gasteiger partial charge in [0.05, 0.1) is 17.5 Å². The van der Waals surface area contributed by atoms with Gasteiger partial charge in [0.2, 0.25) is 0 Å². The Bertz CT molecular complexity index is 762. The summed E-state index contributed by atoms with van der Waals surface area (Å²) in [7, 11) is 0. The highest BCUT2D eigenvalue weighted by Crippen LogP contribution is 2.29. The van der Waals surface area contributed by atoms with Crippen molar-refractivity contribution in [1.82, 2.24) is 20.2 Å². The van der Waals surface area contributed by atoms with Gasteiger partial charge in [-0.05, 0) is 36.8 Å². The molecule has 0 aliphatic heterocycles. The molecule has 0 aliphatic carbocycles. The van der Waals surface area contributed by atoms with E-state index in [-0.39, 0.29) is 0 Å². The van der Waals surface area contributed by atoms with Crippen LogP contribution in [-0.2, 0) is 0 Å². The monoisotopic (exact) mass is 306 g/mol. The van der Waals surface area contributed by atoms with Crippen molar-refractivity contribution in [3.63, 3.8) is 0 Å². The molecule has 0 fully saturated rings. The lowest BCUT2D eigenvalue weighted by atomic mass is 10.0. The predicted octanol–water partition coefficient (Wildman–Crippen LogP) is 3.43. The van der Waals surface area contributed by atoms with E-state index in [0.717, 1.165) is 17.7 Å². The SMILES string of the molecule is CCCC(O)c1cc(-c2ccccn2)nnc1-c1ccccn1. The maximum atomic E-state index is 10.5. The highest BCUT2D eigenvalue weighted by atomic mass is 16.3. The molecule has 1 N–H and O–H groups in total. The van der Waals surface area contributed by atoms with Crippen LogP contribution in [0.15, 0.2) is 54.9 Å². The summed E-state index contributed by atoms with van der Waals surface area (Å²) in [5.41, 5.74) is 3.44. The lowest BCUT2D eigenvalue weighted by Gasteiger charge is -2.14. The molecule has 3 aromatic heterocycles. The molecule has 23 heavy (non-hydrogen) atoms. The van der Waals surface area contributed by atoms with Crippen molar-refractivity contribution >= 4 is 0 Å². The molecule has 1 unspecified atom stereocenters. The van der Waals surface area contributed by atoms with Gasteiger partial charge < -0.3 is 5.11 Å². The second-order valence-corrected chi connectivity index (χ2v) is 5.27. The lowest BCUT2D eigenvalue weighted by Crippen LogP contribution is -2.05. The van der Waals surface area contributed by atoms with Crippen LogP contribution in [0.25, 0.3) is 22.8 Å². The van der Waals surface area contributed by atoms with Gasteiger partial charge in [-0.2, -0.15) is 0 Å². The molecular weight excluding hydrogens is 288 g/mol. The van der Waals surface area contributed by atoms with Gasteiger partial charge in [0, 0.05) is 18.0 Å². The minimum atomic E-state index is -0.602. The third-order valence-corrected chi connectivity index (χ3v) is 3.58. The van der Waals surface area contributed by atoms with E-state index in [1.807, 2.05) is 49.4 Å². The number of hydrogen-bond acceptors (Lipinski definition) is 5. The number of hydrogen-bond donors (Lipinski definition) is 1. The van der Waals surface area contributed by atoms with Gasteiger partial charge >= 0.3 is 0 Å². The molecule has 116 valence electrons. The fourth-order valence-electron chi connectivity index (χ4n) is 2.43. The fourth-order valence-corrected chi connectivity index (χ4v) is 2.43. The molecule has 1 atom stereocenters. The first-order valence-electron chi connectivity index (χ1n) is 7.68. The van der Waals surface area contributed by atoms with Gasteiger partial charge in [0.15, 0.2) is 0 Å². The molecule has 0 amide bonds. The molecule has 5 heteroatoms. The van der Waals surface area contributed by atoms with Gasteiger partial charge in [-0.1, -0.05) is 25.5 Å². The summed E-state index contributed by atoms with van der Waals surface area (Å²) in [5.74, 6) is 0. The largest absolute Gasteiger partial charge is 0.388 e. The average molecular weight is 306 g/mol. The van der Waals surface area contributed by atoms with E-state index in [9.17, 15) is 5.11 Å². The van der Waals surface area contributed by atoms with Crippen LogP contribution in [0.2, 0.25) is 0 Å². The Morgan fingerprint density at radius 3 is 2.22 bits per heavy atom. The first kappa shape index (κ1) is 15.2. The first-order valence-corrected chi connectivity index (χ1v) is 7.68. The van der Waals surface area contributed by atoms with Crippen molar-refractivity contribution in [3.8, 4) is 22.8 Å². The summed E-state index contributed by atoms with van der Waals surface area (Å²) in [6, 6.07) is 13.1. The molecule has 5 nitrogen and oxygen atoms in total. The van der Waals surface area contributed by atoms with E-state index >= 15 is 0 Å². The molecule has 0 aromatic carbocycles. The van der Waals surface area contributed by atoms with Crippen molar-refractivity contribution in [2.75, 3.05) is 0 Å². The number of rotatable bonds is 5. The summed E-state index contributed by atoms with van der Waals surface area (Å²) < 4.78 is 0. The second-order valence-electron chi connectivity index (χ2n) is 5.27. The van der Waals surface area contributed by atoms with Crippen LogP contribution in [0.4, 0.5) is 0 Å². The zero-order valence-corrected chi connectivity index (χ0v) is 12.9. The zero-order chi connectivity index (χ0) is 16.1. The van der Waals surface area contributed by atoms with E-state index in [2.05, 4.69) is 20.2 Å². The Kier molecular flexibility index (Phi) is 4.68. The van der Waals surface area contributed by atoms with Crippen LogP contribution in [0.3, 0.4) is 0 Å². The molecule has 3 heterocycles.